The average Bonchev–Trinajstić information content (AvgIpc) is 2.10. The third kappa shape index (κ3) is 2.74. The average molecular weight is 250 g/mol. The molecule has 2 N–H and O–H groups in total. The van der Waals surface area contributed by atoms with Crippen LogP contribution in [0.15, 0.2) is 0 Å². The van der Waals surface area contributed by atoms with Crippen LogP contribution in [0.2, 0.25) is 0 Å². The molecule has 0 radical (unpaired) electrons. The SMILES string of the molecule is CC(C)C(C(=O)O)C1(O)CCS(=O)(=O)CC1. The standard InChI is InChI=1S/C10H18O5S/c1-7(2)8(9(11)12)10(13)3-5-16(14,15)6-4-10/h7-8,13H,3-6H2,1-2H3,(H,11,12). The third-order valence-corrected chi connectivity index (χ3v) is 4.86. The predicted octanol–water partition coefficient (Wildman–Crippen LogP) is 0.283. The van der Waals surface area contributed by atoms with Gasteiger partial charge in [0.1, 0.15) is 0 Å². The van der Waals surface area contributed by atoms with Crippen molar-refractivity contribution in [1.29, 1.82) is 0 Å². The first-order valence-corrected chi connectivity index (χ1v) is 7.16. The van der Waals surface area contributed by atoms with Gasteiger partial charge in [-0.1, -0.05) is 13.8 Å². The Labute approximate surface area is 95.4 Å². The molecule has 0 saturated carbocycles. The Kier molecular flexibility index (Phi) is 3.64. The smallest absolute Gasteiger partial charge is 0.309 e. The highest BCUT2D eigenvalue weighted by molar-refractivity contribution is 7.91. The van der Waals surface area contributed by atoms with Crippen molar-refractivity contribution >= 4 is 15.8 Å². The summed E-state index contributed by atoms with van der Waals surface area (Å²) in [6.45, 7) is 3.44. The van der Waals surface area contributed by atoms with E-state index in [0.717, 1.165) is 0 Å². The third-order valence-electron chi connectivity index (χ3n) is 3.20. The zero-order valence-electron chi connectivity index (χ0n) is 9.51. The van der Waals surface area contributed by atoms with E-state index in [1.165, 1.54) is 0 Å². The second-order valence-corrected chi connectivity index (χ2v) is 7.12. The van der Waals surface area contributed by atoms with Gasteiger partial charge in [0.05, 0.1) is 23.0 Å². The number of aliphatic carboxylic acids is 1. The Morgan fingerprint density at radius 1 is 1.25 bits per heavy atom. The van der Waals surface area contributed by atoms with Crippen molar-refractivity contribution in [3.05, 3.63) is 0 Å². The highest BCUT2D eigenvalue weighted by Gasteiger charge is 2.46. The maximum Gasteiger partial charge on any atom is 0.309 e. The lowest BCUT2D eigenvalue weighted by Crippen LogP contribution is -2.50. The largest absolute Gasteiger partial charge is 0.481 e. The summed E-state index contributed by atoms with van der Waals surface area (Å²) < 4.78 is 22.5. The molecule has 16 heavy (non-hydrogen) atoms. The van der Waals surface area contributed by atoms with E-state index in [-0.39, 0.29) is 30.3 Å². The summed E-state index contributed by atoms with van der Waals surface area (Å²) in [7, 11) is -3.09. The fraction of sp³-hybridized carbons (Fsp3) is 0.900. The van der Waals surface area contributed by atoms with Gasteiger partial charge in [-0.2, -0.15) is 0 Å². The van der Waals surface area contributed by atoms with E-state index in [1.807, 2.05) is 0 Å². The Bertz CT molecular complexity index is 357. The molecule has 0 aliphatic carbocycles. The zero-order valence-corrected chi connectivity index (χ0v) is 10.3. The first-order chi connectivity index (χ1) is 7.18. The minimum atomic E-state index is -3.09. The van der Waals surface area contributed by atoms with Crippen molar-refractivity contribution in [3.8, 4) is 0 Å². The molecule has 0 aromatic carbocycles. The summed E-state index contributed by atoms with van der Waals surface area (Å²) in [5.74, 6) is -2.43. The molecule has 1 rings (SSSR count). The molecular formula is C10H18O5S. The van der Waals surface area contributed by atoms with Crippen molar-refractivity contribution in [3.63, 3.8) is 0 Å². The molecule has 94 valence electrons. The van der Waals surface area contributed by atoms with E-state index in [2.05, 4.69) is 0 Å². The number of rotatable bonds is 3. The fourth-order valence-electron chi connectivity index (χ4n) is 2.34. The second-order valence-electron chi connectivity index (χ2n) is 4.82. The van der Waals surface area contributed by atoms with Gasteiger partial charge in [-0.05, 0) is 18.8 Å². The van der Waals surface area contributed by atoms with Crippen molar-refractivity contribution < 1.29 is 23.4 Å². The highest BCUT2D eigenvalue weighted by Crippen LogP contribution is 2.35. The first-order valence-electron chi connectivity index (χ1n) is 5.33. The van der Waals surface area contributed by atoms with Crippen LogP contribution in [0.25, 0.3) is 0 Å². The molecule has 1 heterocycles. The van der Waals surface area contributed by atoms with Gasteiger partial charge in [0.25, 0.3) is 0 Å². The Balaban J connectivity index is 2.89. The Hall–Kier alpha value is -0.620. The van der Waals surface area contributed by atoms with E-state index in [9.17, 15) is 18.3 Å². The number of aliphatic hydroxyl groups is 1. The van der Waals surface area contributed by atoms with Gasteiger partial charge in [-0.15, -0.1) is 0 Å². The lowest BCUT2D eigenvalue weighted by molar-refractivity contribution is -0.156. The minimum Gasteiger partial charge on any atom is -0.481 e. The van der Waals surface area contributed by atoms with Gasteiger partial charge in [0.2, 0.25) is 0 Å². The number of hydrogen-bond donors (Lipinski definition) is 2. The summed E-state index contributed by atoms with van der Waals surface area (Å²) in [6, 6.07) is 0. The van der Waals surface area contributed by atoms with Crippen molar-refractivity contribution in [2.45, 2.75) is 32.3 Å². The van der Waals surface area contributed by atoms with Crippen LogP contribution in [0.3, 0.4) is 0 Å². The topological polar surface area (TPSA) is 91.7 Å². The van der Waals surface area contributed by atoms with Crippen molar-refractivity contribution in [2.24, 2.45) is 11.8 Å². The second kappa shape index (κ2) is 4.33. The zero-order chi connectivity index (χ0) is 12.6. The van der Waals surface area contributed by atoms with E-state index in [1.54, 1.807) is 13.8 Å². The number of carboxylic acid groups (broad SMARTS) is 1. The summed E-state index contributed by atoms with van der Waals surface area (Å²) >= 11 is 0. The monoisotopic (exact) mass is 250 g/mol. The van der Waals surface area contributed by atoms with Crippen LogP contribution in [0, 0.1) is 11.8 Å². The normalized spacial score (nSPS) is 25.2. The number of sulfone groups is 1. The van der Waals surface area contributed by atoms with Crippen LogP contribution in [0.1, 0.15) is 26.7 Å². The van der Waals surface area contributed by atoms with E-state index in [4.69, 9.17) is 5.11 Å². The molecule has 1 unspecified atom stereocenters. The Morgan fingerprint density at radius 2 is 1.69 bits per heavy atom. The summed E-state index contributed by atoms with van der Waals surface area (Å²) in [5.41, 5.74) is -1.38. The number of carbonyl (C=O) groups is 1. The number of hydrogen-bond acceptors (Lipinski definition) is 4. The van der Waals surface area contributed by atoms with Gasteiger partial charge in [-0.25, -0.2) is 8.42 Å². The van der Waals surface area contributed by atoms with E-state index in [0.29, 0.717) is 0 Å². The molecule has 0 aromatic rings. The number of carboxylic acids is 1. The van der Waals surface area contributed by atoms with Gasteiger partial charge in [0, 0.05) is 0 Å². The molecule has 1 aliphatic rings. The lowest BCUT2D eigenvalue weighted by atomic mass is 9.76. The summed E-state index contributed by atoms with van der Waals surface area (Å²) in [5, 5.41) is 19.3. The fourth-order valence-corrected chi connectivity index (χ4v) is 3.87. The van der Waals surface area contributed by atoms with Crippen LogP contribution in [-0.2, 0) is 14.6 Å². The lowest BCUT2D eigenvalue weighted by Gasteiger charge is -2.38. The van der Waals surface area contributed by atoms with Crippen LogP contribution in [0.5, 0.6) is 0 Å². The summed E-state index contributed by atoms with van der Waals surface area (Å²) in [4.78, 5) is 11.1. The molecule has 1 saturated heterocycles. The Morgan fingerprint density at radius 3 is 2.00 bits per heavy atom. The minimum absolute atomic E-state index is 0.0183. The van der Waals surface area contributed by atoms with E-state index >= 15 is 0 Å². The molecule has 5 nitrogen and oxygen atoms in total. The van der Waals surface area contributed by atoms with Crippen LogP contribution >= 0.6 is 0 Å². The van der Waals surface area contributed by atoms with Crippen LogP contribution in [0.4, 0.5) is 0 Å². The molecule has 0 spiro atoms. The van der Waals surface area contributed by atoms with Crippen LogP contribution in [-0.4, -0.2) is 41.7 Å². The molecular weight excluding hydrogens is 232 g/mol. The molecule has 1 atom stereocenters. The first kappa shape index (κ1) is 13.4. The predicted molar refractivity (Wildman–Crippen MR) is 58.8 cm³/mol. The highest BCUT2D eigenvalue weighted by atomic mass is 32.2. The van der Waals surface area contributed by atoms with Gasteiger partial charge in [0.15, 0.2) is 9.84 Å². The van der Waals surface area contributed by atoms with Gasteiger partial charge in [-0.3, -0.25) is 4.79 Å². The van der Waals surface area contributed by atoms with E-state index < -0.39 is 27.3 Å². The molecule has 0 aromatic heterocycles. The van der Waals surface area contributed by atoms with Crippen molar-refractivity contribution in [1.82, 2.24) is 0 Å². The molecule has 0 amide bonds. The van der Waals surface area contributed by atoms with Gasteiger partial charge < -0.3 is 10.2 Å². The van der Waals surface area contributed by atoms with Crippen LogP contribution < -0.4 is 0 Å². The maximum atomic E-state index is 11.2. The summed E-state index contributed by atoms with van der Waals surface area (Å²) in [6.07, 6.45) is 0.0367. The van der Waals surface area contributed by atoms with Gasteiger partial charge >= 0.3 is 5.97 Å². The maximum absolute atomic E-state index is 11.2. The quantitative estimate of drug-likeness (QED) is 0.750. The molecule has 0 bridgehead atoms. The van der Waals surface area contributed by atoms with Crippen molar-refractivity contribution in [2.75, 3.05) is 11.5 Å². The molecule has 1 fully saturated rings. The molecule has 1 aliphatic heterocycles. The molecule has 6 heteroatoms.